The highest BCUT2D eigenvalue weighted by Crippen LogP contribution is 2.36. The van der Waals surface area contributed by atoms with Gasteiger partial charge in [-0.15, -0.1) is 0 Å². The summed E-state index contributed by atoms with van der Waals surface area (Å²) in [4.78, 5) is 25.2. The number of hydrogen-bond donors (Lipinski definition) is 0. The molecule has 9 aromatic rings. The quantitative estimate of drug-likeness (QED) is 0.169. The zero-order valence-electron chi connectivity index (χ0n) is 27.0. The largest absolute Gasteiger partial charge is 0.255 e. The maximum atomic E-state index is 5.29. The third-order valence-corrected chi connectivity index (χ3v) is 8.93. The molecule has 0 aliphatic carbocycles. The van der Waals surface area contributed by atoms with Gasteiger partial charge in [0.2, 0.25) is 0 Å². The van der Waals surface area contributed by atoms with Crippen molar-refractivity contribution in [3.8, 4) is 67.7 Å². The summed E-state index contributed by atoms with van der Waals surface area (Å²) < 4.78 is 0. The average molecular weight is 640 g/mol. The normalized spacial score (nSPS) is 11.2. The highest BCUT2D eigenvalue weighted by atomic mass is 14.9. The SMILES string of the molecule is c1ccc(-c2cc(-c3ccccn3)nc(-c3cccc(-c4ccc5ccc6c(-c7ccccc7)cc(-c7ccccc7)nc6c5n4)c3)n2)cc1. The van der Waals surface area contributed by atoms with Gasteiger partial charge < -0.3 is 0 Å². The molecule has 0 saturated carbocycles. The highest BCUT2D eigenvalue weighted by molar-refractivity contribution is 6.09. The first-order chi connectivity index (χ1) is 24.8. The Labute approximate surface area is 289 Å². The summed E-state index contributed by atoms with van der Waals surface area (Å²) in [5.74, 6) is 0.627. The Hall–Kier alpha value is -6.85. The van der Waals surface area contributed by atoms with Gasteiger partial charge in [0, 0.05) is 39.2 Å². The van der Waals surface area contributed by atoms with Crippen LogP contribution in [0.25, 0.3) is 89.5 Å². The number of benzene rings is 5. The van der Waals surface area contributed by atoms with E-state index in [2.05, 4.69) is 108 Å². The Balaban J connectivity index is 1.20. The predicted molar refractivity (Wildman–Crippen MR) is 203 cm³/mol. The van der Waals surface area contributed by atoms with Crippen molar-refractivity contribution in [1.29, 1.82) is 0 Å². The maximum Gasteiger partial charge on any atom is 0.160 e. The summed E-state index contributed by atoms with van der Waals surface area (Å²) >= 11 is 0. The zero-order valence-corrected chi connectivity index (χ0v) is 27.0. The van der Waals surface area contributed by atoms with E-state index in [1.165, 1.54) is 0 Å². The topological polar surface area (TPSA) is 64.5 Å². The molecule has 5 heteroatoms. The summed E-state index contributed by atoms with van der Waals surface area (Å²) in [6, 6.07) is 57.9. The van der Waals surface area contributed by atoms with Gasteiger partial charge in [-0.25, -0.2) is 19.9 Å². The van der Waals surface area contributed by atoms with Gasteiger partial charge in [-0.3, -0.25) is 4.98 Å². The van der Waals surface area contributed by atoms with Crippen molar-refractivity contribution in [1.82, 2.24) is 24.9 Å². The monoisotopic (exact) mass is 639 g/mol. The fourth-order valence-corrected chi connectivity index (χ4v) is 6.44. The standard InChI is InChI=1S/C45H29N5/c1-4-13-30(14-5-1)37-28-40(31-15-6-2-7-16-31)48-44-36(37)24-22-33-23-25-38(47-43(33)44)34-19-12-20-35(27-34)45-49-41(32-17-8-3-9-18-32)29-42(50-45)39-21-10-11-26-46-39/h1-29H. The van der Waals surface area contributed by atoms with Gasteiger partial charge in [-0.05, 0) is 47.5 Å². The molecule has 0 amide bonds. The van der Waals surface area contributed by atoms with Crippen LogP contribution in [-0.2, 0) is 0 Å². The van der Waals surface area contributed by atoms with Crippen molar-refractivity contribution in [2.24, 2.45) is 0 Å². The molecule has 0 bridgehead atoms. The lowest BCUT2D eigenvalue weighted by molar-refractivity contribution is 1.16. The Morgan fingerprint density at radius 3 is 1.64 bits per heavy atom. The Bertz CT molecular complexity index is 2570. The van der Waals surface area contributed by atoms with E-state index in [1.807, 2.05) is 66.7 Å². The summed E-state index contributed by atoms with van der Waals surface area (Å²) in [5, 5.41) is 2.10. The molecule has 50 heavy (non-hydrogen) atoms. The Morgan fingerprint density at radius 2 is 0.920 bits per heavy atom. The number of aromatic nitrogens is 5. The highest BCUT2D eigenvalue weighted by Gasteiger charge is 2.16. The molecule has 5 aromatic carbocycles. The third-order valence-electron chi connectivity index (χ3n) is 8.93. The molecule has 0 N–H and O–H groups in total. The van der Waals surface area contributed by atoms with Crippen molar-refractivity contribution in [2.75, 3.05) is 0 Å². The molecule has 0 atom stereocenters. The Morgan fingerprint density at radius 1 is 0.320 bits per heavy atom. The minimum atomic E-state index is 0.627. The molecule has 0 radical (unpaired) electrons. The number of fused-ring (bicyclic) bond motifs is 3. The maximum absolute atomic E-state index is 5.29. The van der Waals surface area contributed by atoms with Crippen LogP contribution in [0.4, 0.5) is 0 Å². The molecule has 0 unspecified atom stereocenters. The minimum Gasteiger partial charge on any atom is -0.255 e. The molecule has 4 heterocycles. The first kappa shape index (κ1) is 29.3. The molecule has 5 nitrogen and oxygen atoms in total. The predicted octanol–water partition coefficient (Wildman–Crippen LogP) is 11.0. The smallest absolute Gasteiger partial charge is 0.160 e. The molecule has 234 valence electrons. The summed E-state index contributed by atoms with van der Waals surface area (Å²) in [6.07, 6.45) is 1.79. The molecular weight excluding hydrogens is 611 g/mol. The minimum absolute atomic E-state index is 0.627. The number of pyridine rings is 3. The second-order valence-corrected chi connectivity index (χ2v) is 12.1. The van der Waals surface area contributed by atoms with Gasteiger partial charge in [-0.1, -0.05) is 133 Å². The fraction of sp³-hybridized carbons (Fsp3) is 0. The molecular formula is C45H29N5. The molecule has 0 saturated heterocycles. The third kappa shape index (κ3) is 5.57. The van der Waals surface area contributed by atoms with Gasteiger partial charge in [0.15, 0.2) is 5.82 Å². The number of hydrogen-bond acceptors (Lipinski definition) is 5. The lowest BCUT2D eigenvalue weighted by atomic mass is 9.97. The van der Waals surface area contributed by atoms with Crippen LogP contribution >= 0.6 is 0 Å². The second-order valence-electron chi connectivity index (χ2n) is 12.1. The molecule has 0 aliphatic heterocycles. The van der Waals surface area contributed by atoms with E-state index < -0.39 is 0 Å². The zero-order chi connectivity index (χ0) is 33.3. The van der Waals surface area contributed by atoms with Crippen molar-refractivity contribution in [3.05, 3.63) is 176 Å². The second kappa shape index (κ2) is 12.6. The van der Waals surface area contributed by atoms with E-state index in [0.717, 1.165) is 83.7 Å². The first-order valence-electron chi connectivity index (χ1n) is 16.6. The number of rotatable bonds is 6. The summed E-state index contributed by atoms with van der Waals surface area (Å²) in [6.45, 7) is 0. The summed E-state index contributed by atoms with van der Waals surface area (Å²) in [5.41, 5.74) is 12.1. The lowest BCUT2D eigenvalue weighted by Crippen LogP contribution is -1.97. The van der Waals surface area contributed by atoms with Gasteiger partial charge in [-0.2, -0.15) is 0 Å². The van der Waals surface area contributed by atoms with Crippen LogP contribution in [0.1, 0.15) is 0 Å². The van der Waals surface area contributed by atoms with Crippen LogP contribution in [-0.4, -0.2) is 24.9 Å². The first-order valence-corrected chi connectivity index (χ1v) is 16.6. The van der Waals surface area contributed by atoms with Crippen molar-refractivity contribution >= 4 is 21.8 Å². The van der Waals surface area contributed by atoms with Gasteiger partial charge in [0.25, 0.3) is 0 Å². The molecule has 0 spiro atoms. The van der Waals surface area contributed by atoms with Crippen LogP contribution < -0.4 is 0 Å². The molecule has 0 fully saturated rings. The van der Waals surface area contributed by atoms with E-state index in [-0.39, 0.29) is 0 Å². The fourth-order valence-electron chi connectivity index (χ4n) is 6.44. The van der Waals surface area contributed by atoms with Crippen molar-refractivity contribution in [3.63, 3.8) is 0 Å². The van der Waals surface area contributed by atoms with E-state index in [9.17, 15) is 0 Å². The van der Waals surface area contributed by atoms with Crippen LogP contribution in [0.15, 0.2) is 176 Å². The van der Waals surface area contributed by atoms with E-state index >= 15 is 0 Å². The van der Waals surface area contributed by atoms with Crippen LogP contribution in [0.5, 0.6) is 0 Å². The van der Waals surface area contributed by atoms with Crippen LogP contribution in [0.2, 0.25) is 0 Å². The van der Waals surface area contributed by atoms with E-state index in [0.29, 0.717) is 5.82 Å². The van der Waals surface area contributed by atoms with Crippen LogP contribution in [0, 0.1) is 0 Å². The van der Waals surface area contributed by atoms with Gasteiger partial charge in [0.1, 0.15) is 0 Å². The summed E-state index contributed by atoms with van der Waals surface area (Å²) in [7, 11) is 0. The Kier molecular flexibility index (Phi) is 7.41. The van der Waals surface area contributed by atoms with Gasteiger partial charge >= 0.3 is 0 Å². The molecule has 9 rings (SSSR count). The van der Waals surface area contributed by atoms with Crippen molar-refractivity contribution in [2.45, 2.75) is 0 Å². The number of nitrogens with zero attached hydrogens (tertiary/aromatic N) is 5. The molecule has 4 aromatic heterocycles. The average Bonchev–Trinajstić information content (AvgIpc) is 3.21. The van der Waals surface area contributed by atoms with E-state index in [4.69, 9.17) is 19.9 Å². The lowest BCUT2D eigenvalue weighted by Gasteiger charge is -2.13. The van der Waals surface area contributed by atoms with Gasteiger partial charge in [0.05, 0.1) is 39.5 Å². The molecule has 0 aliphatic rings. The van der Waals surface area contributed by atoms with Crippen LogP contribution in [0.3, 0.4) is 0 Å². The van der Waals surface area contributed by atoms with E-state index in [1.54, 1.807) is 6.20 Å². The van der Waals surface area contributed by atoms with Crippen molar-refractivity contribution < 1.29 is 0 Å².